The highest BCUT2D eigenvalue weighted by Gasteiger charge is 2.08. The number of hydrogen-bond acceptors (Lipinski definition) is 4. The van der Waals surface area contributed by atoms with Crippen molar-refractivity contribution in [2.45, 2.75) is 30.7 Å². The normalized spacial score (nSPS) is 10.5. The summed E-state index contributed by atoms with van der Waals surface area (Å²) in [6.45, 7) is 7.06. The molecule has 0 aliphatic heterocycles. The monoisotopic (exact) mass is 337 g/mol. The number of halogens is 1. The van der Waals surface area contributed by atoms with Gasteiger partial charge in [0.05, 0.1) is 4.47 Å². The first-order valence-corrected chi connectivity index (χ1v) is 7.72. The quantitative estimate of drug-likeness (QED) is 0.837. The summed E-state index contributed by atoms with van der Waals surface area (Å²) in [5, 5.41) is 4.06. The number of aryl methyl sites for hydroxylation is 2. The maximum atomic E-state index is 4.52. The van der Waals surface area contributed by atoms with E-state index in [-0.39, 0.29) is 0 Å². The summed E-state index contributed by atoms with van der Waals surface area (Å²) in [4.78, 5) is 9.97. The topological polar surface area (TPSA) is 37.8 Å². The lowest BCUT2D eigenvalue weighted by atomic mass is 10.2. The van der Waals surface area contributed by atoms with Crippen LogP contribution in [0.1, 0.15) is 18.1 Å². The fourth-order valence-corrected chi connectivity index (χ4v) is 2.99. The van der Waals surface area contributed by atoms with Crippen LogP contribution in [0, 0.1) is 13.8 Å². The summed E-state index contributed by atoms with van der Waals surface area (Å²) in [5.74, 6) is 0.665. The minimum atomic E-state index is 0.665. The minimum absolute atomic E-state index is 0.665. The van der Waals surface area contributed by atoms with Crippen molar-refractivity contribution in [3.8, 4) is 0 Å². The second kappa shape index (κ2) is 6.39. The zero-order valence-corrected chi connectivity index (χ0v) is 13.6. The Morgan fingerprint density at radius 3 is 2.84 bits per heavy atom. The Labute approximate surface area is 126 Å². The van der Waals surface area contributed by atoms with Crippen molar-refractivity contribution >= 4 is 33.6 Å². The van der Waals surface area contributed by atoms with E-state index in [9.17, 15) is 0 Å². The second-order valence-corrected chi connectivity index (χ2v) is 6.13. The molecule has 2 aromatic rings. The van der Waals surface area contributed by atoms with E-state index >= 15 is 0 Å². The fraction of sp³-hybridized carbons (Fsp3) is 0.286. The van der Waals surface area contributed by atoms with Gasteiger partial charge in [-0.3, -0.25) is 0 Å². The number of rotatable bonds is 4. The largest absolute Gasteiger partial charge is 0.354 e. The highest BCUT2D eigenvalue weighted by Crippen LogP contribution is 2.34. The Morgan fingerprint density at radius 2 is 2.11 bits per heavy atom. The molecule has 0 amide bonds. The Bertz CT molecular complexity index is 587. The van der Waals surface area contributed by atoms with Crippen molar-refractivity contribution in [2.75, 3.05) is 11.9 Å². The molecule has 5 heteroatoms. The molecule has 0 bridgehead atoms. The fourth-order valence-electron chi connectivity index (χ4n) is 1.59. The predicted molar refractivity (Wildman–Crippen MR) is 83.9 cm³/mol. The molecule has 1 N–H and O–H groups in total. The van der Waals surface area contributed by atoms with Crippen molar-refractivity contribution in [1.82, 2.24) is 9.97 Å². The van der Waals surface area contributed by atoms with Gasteiger partial charge in [0.2, 0.25) is 5.95 Å². The van der Waals surface area contributed by atoms with Crippen LogP contribution < -0.4 is 5.32 Å². The van der Waals surface area contributed by atoms with Gasteiger partial charge >= 0.3 is 0 Å². The molecule has 0 fully saturated rings. The zero-order chi connectivity index (χ0) is 13.8. The van der Waals surface area contributed by atoms with Crippen LogP contribution in [0.4, 0.5) is 5.95 Å². The first-order valence-electron chi connectivity index (χ1n) is 6.11. The third kappa shape index (κ3) is 3.70. The van der Waals surface area contributed by atoms with Crippen LogP contribution in [0.3, 0.4) is 0 Å². The van der Waals surface area contributed by atoms with E-state index in [1.807, 2.05) is 6.92 Å². The van der Waals surface area contributed by atoms with Gasteiger partial charge in [-0.15, -0.1) is 0 Å². The number of aromatic nitrogens is 2. The molecule has 3 nitrogen and oxygen atoms in total. The van der Waals surface area contributed by atoms with Crippen LogP contribution in [0.25, 0.3) is 0 Å². The zero-order valence-electron chi connectivity index (χ0n) is 11.2. The van der Waals surface area contributed by atoms with E-state index in [1.54, 1.807) is 18.0 Å². The maximum Gasteiger partial charge on any atom is 0.223 e. The van der Waals surface area contributed by atoms with Crippen molar-refractivity contribution in [3.05, 3.63) is 40.0 Å². The molecule has 0 saturated carbocycles. The van der Waals surface area contributed by atoms with E-state index in [2.05, 4.69) is 63.3 Å². The molecular weight excluding hydrogens is 322 g/mol. The maximum absolute atomic E-state index is 4.52. The molecule has 0 radical (unpaired) electrons. The smallest absolute Gasteiger partial charge is 0.223 e. The predicted octanol–water partition coefficient (Wildman–Crippen LogP) is 4.44. The molecule has 1 aromatic carbocycles. The van der Waals surface area contributed by atoms with Crippen LogP contribution in [-0.4, -0.2) is 16.5 Å². The van der Waals surface area contributed by atoms with Gasteiger partial charge in [-0.25, -0.2) is 9.97 Å². The highest BCUT2D eigenvalue weighted by molar-refractivity contribution is 9.10. The number of anilines is 1. The summed E-state index contributed by atoms with van der Waals surface area (Å²) in [5.41, 5.74) is 2.51. The van der Waals surface area contributed by atoms with Gasteiger partial charge in [-0.05, 0) is 53.9 Å². The Morgan fingerprint density at radius 1 is 1.32 bits per heavy atom. The average molecular weight is 338 g/mol. The molecule has 0 spiro atoms. The summed E-state index contributed by atoms with van der Waals surface area (Å²) in [7, 11) is 0. The Hall–Kier alpha value is -1.07. The lowest BCUT2D eigenvalue weighted by molar-refractivity contribution is 0.998. The van der Waals surface area contributed by atoms with Crippen molar-refractivity contribution in [2.24, 2.45) is 0 Å². The van der Waals surface area contributed by atoms with E-state index in [1.165, 1.54) is 16.0 Å². The average Bonchev–Trinajstić information content (AvgIpc) is 2.38. The third-order valence-corrected chi connectivity index (χ3v) is 4.60. The molecule has 0 atom stereocenters. The van der Waals surface area contributed by atoms with Crippen LogP contribution >= 0.6 is 27.7 Å². The molecule has 100 valence electrons. The van der Waals surface area contributed by atoms with Crippen molar-refractivity contribution < 1.29 is 0 Å². The van der Waals surface area contributed by atoms with Gasteiger partial charge < -0.3 is 5.32 Å². The van der Waals surface area contributed by atoms with E-state index in [0.717, 1.165) is 16.0 Å². The Kier molecular flexibility index (Phi) is 4.82. The number of benzene rings is 1. The number of nitrogens with zero attached hydrogens (tertiary/aromatic N) is 2. The first kappa shape index (κ1) is 14.3. The summed E-state index contributed by atoms with van der Waals surface area (Å²) >= 11 is 5.17. The molecule has 1 aromatic heterocycles. The molecule has 0 aliphatic rings. The standard InChI is InChI=1S/C14H16BrN3S/c1-4-16-14-17-8-11(15)13(18-14)19-12-7-9(2)5-6-10(12)3/h5-8H,4H2,1-3H3,(H,16,17,18). The van der Waals surface area contributed by atoms with Gasteiger partial charge in [0.25, 0.3) is 0 Å². The number of nitrogens with one attached hydrogen (secondary N) is 1. The molecule has 0 unspecified atom stereocenters. The number of hydrogen-bond donors (Lipinski definition) is 1. The van der Waals surface area contributed by atoms with Gasteiger partial charge in [0.15, 0.2) is 0 Å². The molecule has 1 heterocycles. The summed E-state index contributed by atoms with van der Waals surface area (Å²) in [6, 6.07) is 6.44. The lowest BCUT2D eigenvalue weighted by Gasteiger charge is -2.09. The Balaban J connectivity index is 2.31. The van der Waals surface area contributed by atoms with Crippen LogP contribution in [0.15, 0.2) is 38.8 Å². The van der Waals surface area contributed by atoms with E-state index in [0.29, 0.717) is 5.95 Å². The highest BCUT2D eigenvalue weighted by atomic mass is 79.9. The molecule has 0 aliphatic carbocycles. The summed E-state index contributed by atoms with van der Waals surface area (Å²) in [6.07, 6.45) is 1.79. The second-order valence-electron chi connectivity index (χ2n) is 4.25. The van der Waals surface area contributed by atoms with Crippen LogP contribution in [-0.2, 0) is 0 Å². The molecule has 2 rings (SSSR count). The van der Waals surface area contributed by atoms with Gasteiger partial charge in [0, 0.05) is 17.6 Å². The van der Waals surface area contributed by atoms with Gasteiger partial charge in [-0.1, -0.05) is 23.9 Å². The molecular formula is C14H16BrN3S. The van der Waals surface area contributed by atoms with Gasteiger partial charge in [-0.2, -0.15) is 0 Å². The lowest BCUT2D eigenvalue weighted by Crippen LogP contribution is -2.02. The van der Waals surface area contributed by atoms with Crippen LogP contribution in [0.5, 0.6) is 0 Å². The van der Waals surface area contributed by atoms with Crippen molar-refractivity contribution in [3.63, 3.8) is 0 Å². The van der Waals surface area contributed by atoms with Crippen molar-refractivity contribution in [1.29, 1.82) is 0 Å². The third-order valence-electron chi connectivity index (χ3n) is 2.60. The SMILES string of the molecule is CCNc1ncc(Br)c(Sc2cc(C)ccc2C)n1. The molecule has 19 heavy (non-hydrogen) atoms. The minimum Gasteiger partial charge on any atom is -0.354 e. The van der Waals surface area contributed by atoms with E-state index < -0.39 is 0 Å². The summed E-state index contributed by atoms with van der Waals surface area (Å²) < 4.78 is 0.917. The molecule has 0 saturated heterocycles. The van der Waals surface area contributed by atoms with Gasteiger partial charge in [0.1, 0.15) is 5.03 Å². The van der Waals surface area contributed by atoms with E-state index in [4.69, 9.17) is 0 Å². The first-order chi connectivity index (χ1) is 9.10. The van der Waals surface area contributed by atoms with Crippen LogP contribution in [0.2, 0.25) is 0 Å².